The fourth-order valence-corrected chi connectivity index (χ4v) is 2.74. The Bertz CT molecular complexity index is 558. The van der Waals surface area contributed by atoms with Crippen molar-refractivity contribution in [2.24, 2.45) is 16.8 Å². The minimum atomic E-state index is 0. The Kier molecular flexibility index (Phi) is 11.0. The molecule has 1 aliphatic rings. The smallest absolute Gasteiger partial charge is 0.191 e. The summed E-state index contributed by atoms with van der Waals surface area (Å²) in [6, 6.07) is 6.36. The van der Waals surface area contributed by atoms with E-state index in [9.17, 15) is 0 Å². The third kappa shape index (κ3) is 8.12. The van der Waals surface area contributed by atoms with E-state index in [1.807, 2.05) is 0 Å². The molecule has 0 amide bonds. The highest BCUT2D eigenvalue weighted by Crippen LogP contribution is 2.22. The van der Waals surface area contributed by atoms with Gasteiger partial charge in [-0.3, -0.25) is 4.99 Å². The standard InChI is InChI=1S/C20H33N3O2.HI/c1-15(2)7-9-22-20(21-4)23-12-18-6-5-16(3)11-19(18)25-14-17-8-10-24-13-17;/h5-6,11,15,17H,7-10,12-14H2,1-4H3,(H2,21,22,23);1H. The molecule has 0 radical (unpaired) electrons. The third-order valence-corrected chi connectivity index (χ3v) is 4.41. The average Bonchev–Trinajstić information content (AvgIpc) is 3.10. The first-order valence-electron chi connectivity index (χ1n) is 9.33. The van der Waals surface area contributed by atoms with Gasteiger partial charge < -0.3 is 20.1 Å². The highest BCUT2D eigenvalue weighted by atomic mass is 127. The molecule has 1 aliphatic heterocycles. The van der Waals surface area contributed by atoms with Crippen LogP contribution in [0, 0.1) is 18.8 Å². The van der Waals surface area contributed by atoms with E-state index in [1.165, 1.54) is 5.56 Å². The molecule has 2 rings (SSSR count). The molecule has 1 heterocycles. The first kappa shape index (κ1) is 23.0. The van der Waals surface area contributed by atoms with Crippen molar-refractivity contribution in [3.63, 3.8) is 0 Å². The lowest BCUT2D eigenvalue weighted by Gasteiger charge is -2.17. The molecule has 1 fully saturated rings. The van der Waals surface area contributed by atoms with Crippen LogP contribution in [0.2, 0.25) is 0 Å². The molecule has 1 aromatic rings. The van der Waals surface area contributed by atoms with Crippen molar-refractivity contribution in [2.75, 3.05) is 33.4 Å². The predicted octanol–water partition coefficient (Wildman–Crippen LogP) is 3.74. The van der Waals surface area contributed by atoms with E-state index < -0.39 is 0 Å². The lowest BCUT2D eigenvalue weighted by atomic mass is 10.1. The van der Waals surface area contributed by atoms with Crippen molar-refractivity contribution in [3.05, 3.63) is 29.3 Å². The van der Waals surface area contributed by atoms with Crippen LogP contribution in [0.5, 0.6) is 5.75 Å². The monoisotopic (exact) mass is 475 g/mol. The van der Waals surface area contributed by atoms with Crippen LogP contribution >= 0.6 is 24.0 Å². The van der Waals surface area contributed by atoms with Crippen LogP contribution in [0.3, 0.4) is 0 Å². The van der Waals surface area contributed by atoms with E-state index in [0.29, 0.717) is 18.4 Å². The summed E-state index contributed by atoms with van der Waals surface area (Å²) in [5.41, 5.74) is 2.36. The number of benzene rings is 1. The summed E-state index contributed by atoms with van der Waals surface area (Å²) in [6.45, 7) is 10.5. The molecule has 1 aromatic carbocycles. The number of nitrogens with one attached hydrogen (secondary N) is 2. The van der Waals surface area contributed by atoms with E-state index in [4.69, 9.17) is 9.47 Å². The zero-order valence-corrected chi connectivity index (χ0v) is 18.8. The maximum absolute atomic E-state index is 6.10. The van der Waals surface area contributed by atoms with Crippen LogP contribution in [0.1, 0.15) is 37.8 Å². The van der Waals surface area contributed by atoms with Crippen LogP contribution in [0.15, 0.2) is 23.2 Å². The molecule has 0 spiro atoms. The highest BCUT2D eigenvalue weighted by molar-refractivity contribution is 14.0. The molecule has 0 bridgehead atoms. The zero-order valence-electron chi connectivity index (χ0n) is 16.5. The van der Waals surface area contributed by atoms with Gasteiger partial charge in [0.05, 0.1) is 13.2 Å². The van der Waals surface area contributed by atoms with Crippen molar-refractivity contribution in [1.29, 1.82) is 0 Å². The van der Waals surface area contributed by atoms with Gasteiger partial charge in [-0.25, -0.2) is 0 Å². The van der Waals surface area contributed by atoms with Gasteiger partial charge >= 0.3 is 0 Å². The second-order valence-corrected chi connectivity index (χ2v) is 7.19. The average molecular weight is 475 g/mol. The number of guanidine groups is 1. The number of hydrogen-bond acceptors (Lipinski definition) is 3. The molecule has 0 aliphatic carbocycles. The number of hydrogen-bond donors (Lipinski definition) is 2. The van der Waals surface area contributed by atoms with Gasteiger partial charge in [-0.1, -0.05) is 26.0 Å². The SMILES string of the molecule is CN=C(NCCC(C)C)NCc1ccc(C)cc1OCC1CCOC1.I. The van der Waals surface area contributed by atoms with E-state index in [2.05, 4.69) is 54.6 Å². The molecular formula is C20H34IN3O2. The predicted molar refractivity (Wildman–Crippen MR) is 119 cm³/mol. The van der Waals surface area contributed by atoms with Gasteiger partial charge in [0.25, 0.3) is 0 Å². The van der Waals surface area contributed by atoms with Gasteiger partial charge in [0, 0.05) is 38.2 Å². The molecule has 1 atom stereocenters. The van der Waals surface area contributed by atoms with Gasteiger partial charge in [-0.15, -0.1) is 24.0 Å². The van der Waals surface area contributed by atoms with Gasteiger partial charge in [0.1, 0.15) is 5.75 Å². The molecule has 26 heavy (non-hydrogen) atoms. The Labute approximate surface area is 175 Å². The molecule has 5 nitrogen and oxygen atoms in total. The molecule has 0 saturated carbocycles. The molecule has 1 unspecified atom stereocenters. The first-order chi connectivity index (χ1) is 12.1. The fraction of sp³-hybridized carbons (Fsp3) is 0.650. The summed E-state index contributed by atoms with van der Waals surface area (Å²) in [4.78, 5) is 4.29. The number of halogens is 1. The quantitative estimate of drug-likeness (QED) is 0.342. The largest absolute Gasteiger partial charge is 0.493 e. The van der Waals surface area contributed by atoms with Gasteiger partial charge in [0.15, 0.2) is 5.96 Å². The van der Waals surface area contributed by atoms with Crippen molar-refractivity contribution in [1.82, 2.24) is 10.6 Å². The van der Waals surface area contributed by atoms with E-state index in [0.717, 1.165) is 56.5 Å². The second kappa shape index (κ2) is 12.4. The normalized spacial score (nSPS) is 17.1. The second-order valence-electron chi connectivity index (χ2n) is 7.19. The zero-order chi connectivity index (χ0) is 18.1. The van der Waals surface area contributed by atoms with Crippen LogP contribution < -0.4 is 15.4 Å². The molecule has 148 valence electrons. The molecular weight excluding hydrogens is 441 g/mol. The molecule has 0 aromatic heterocycles. The number of aliphatic imine (C=N–C) groups is 1. The van der Waals surface area contributed by atoms with Gasteiger partial charge in [-0.2, -0.15) is 0 Å². The number of rotatable bonds is 8. The topological polar surface area (TPSA) is 54.9 Å². The van der Waals surface area contributed by atoms with Gasteiger partial charge in [-0.05, 0) is 37.3 Å². The minimum absolute atomic E-state index is 0. The Morgan fingerprint density at radius 1 is 1.35 bits per heavy atom. The maximum atomic E-state index is 6.10. The van der Waals surface area contributed by atoms with Crippen molar-refractivity contribution in [3.8, 4) is 5.75 Å². The molecule has 2 N–H and O–H groups in total. The molecule has 1 saturated heterocycles. The Morgan fingerprint density at radius 3 is 2.81 bits per heavy atom. The number of nitrogens with zero attached hydrogens (tertiary/aromatic N) is 1. The Hall–Kier alpha value is -1.02. The Balaban J connectivity index is 0.00000338. The summed E-state index contributed by atoms with van der Waals surface area (Å²) in [5, 5.41) is 6.74. The lowest BCUT2D eigenvalue weighted by molar-refractivity contribution is 0.166. The summed E-state index contributed by atoms with van der Waals surface area (Å²) >= 11 is 0. The van der Waals surface area contributed by atoms with Crippen LogP contribution in [-0.4, -0.2) is 39.4 Å². The summed E-state index contributed by atoms with van der Waals surface area (Å²) < 4.78 is 11.5. The fourth-order valence-electron chi connectivity index (χ4n) is 2.74. The van der Waals surface area contributed by atoms with Crippen LogP contribution in [0.4, 0.5) is 0 Å². The molecule has 6 heteroatoms. The maximum Gasteiger partial charge on any atom is 0.191 e. The number of ether oxygens (including phenoxy) is 2. The lowest BCUT2D eigenvalue weighted by Crippen LogP contribution is -2.37. The highest BCUT2D eigenvalue weighted by Gasteiger charge is 2.17. The van der Waals surface area contributed by atoms with Crippen molar-refractivity contribution < 1.29 is 9.47 Å². The first-order valence-corrected chi connectivity index (χ1v) is 9.33. The summed E-state index contributed by atoms with van der Waals surface area (Å²) in [5.74, 6) is 2.97. The van der Waals surface area contributed by atoms with E-state index in [1.54, 1.807) is 7.05 Å². The van der Waals surface area contributed by atoms with Crippen LogP contribution in [0.25, 0.3) is 0 Å². The summed E-state index contributed by atoms with van der Waals surface area (Å²) in [7, 11) is 1.80. The van der Waals surface area contributed by atoms with E-state index in [-0.39, 0.29) is 24.0 Å². The number of aryl methyl sites for hydroxylation is 1. The third-order valence-electron chi connectivity index (χ3n) is 4.41. The summed E-state index contributed by atoms with van der Waals surface area (Å²) in [6.07, 6.45) is 2.22. The van der Waals surface area contributed by atoms with Gasteiger partial charge in [0.2, 0.25) is 0 Å². The van der Waals surface area contributed by atoms with Crippen LogP contribution in [-0.2, 0) is 11.3 Å². The minimum Gasteiger partial charge on any atom is -0.493 e. The van der Waals surface area contributed by atoms with Crippen molar-refractivity contribution >= 4 is 29.9 Å². The Morgan fingerprint density at radius 2 is 2.15 bits per heavy atom. The van der Waals surface area contributed by atoms with Crippen molar-refractivity contribution in [2.45, 2.75) is 40.2 Å². The van der Waals surface area contributed by atoms with E-state index >= 15 is 0 Å².